The molecule has 0 aromatic heterocycles. The number of ether oxygens (including phenoxy) is 1. The molecule has 0 spiro atoms. The molecule has 128 valence electrons. The van der Waals surface area contributed by atoms with Gasteiger partial charge in [0.15, 0.2) is 0 Å². The molecule has 0 heterocycles. The molecule has 2 aromatic rings. The quantitative estimate of drug-likeness (QED) is 0.522. The Labute approximate surface area is 147 Å². The van der Waals surface area contributed by atoms with Crippen LogP contribution in [0.2, 0.25) is 0 Å². The van der Waals surface area contributed by atoms with Gasteiger partial charge >= 0.3 is 5.97 Å². The van der Waals surface area contributed by atoms with Crippen LogP contribution in [0.25, 0.3) is 0 Å². The Morgan fingerprint density at radius 3 is 1.92 bits per heavy atom. The van der Waals surface area contributed by atoms with Crippen LogP contribution in [0.5, 0.6) is 0 Å². The molecule has 0 amide bonds. The second-order valence-corrected chi connectivity index (χ2v) is 8.87. The van der Waals surface area contributed by atoms with E-state index in [0.717, 1.165) is 19.0 Å². The lowest BCUT2D eigenvalue weighted by atomic mass is 9.88. The number of carbonyl (C=O) groups excluding carboxylic acids is 1. The molecule has 0 unspecified atom stereocenters. The summed E-state index contributed by atoms with van der Waals surface area (Å²) in [5.41, 5.74) is -0.412. The molecular formula is C21H27O2P. The molecule has 3 heteroatoms. The number of rotatable bonds is 8. The van der Waals surface area contributed by atoms with Crippen molar-refractivity contribution in [2.75, 3.05) is 12.8 Å². The van der Waals surface area contributed by atoms with Crippen molar-refractivity contribution in [3.8, 4) is 0 Å². The normalized spacial score (nSPS) is 11.5. The van der Waals surface area contributed by atoms with Gasteiger partial charge in [0.05, 0.1) is 12.0 Å². The Bertz CT molecular complexity index is 583. The van der Waals surface area contributed by atoms with E-state index in [-0.39, 0.29) is 13.9 Å². The predicted molar refractivity (Wildman–Crippen MR) is 104 cm³/mol. The first-order valence-corrected chi connectivity index (χ1v) is 10.1. The summed E-state index contributed by atoms with van der Waals surface area (Å²) >= 11 is 0. The van der Waals surface area contributed by atoms with Crippen LogP contribution >= 0.6 is 7.92 Å². The third-order valence-electron chi connectivity index (χ3n) is 4.15. The fourth-order valence-electron chi connectivity index (χ4n) is 2.73. The maximum Gasteiger partial charge on any atom is 0.311 e. The summed E-state index contributed by atoms with van der Waals surface area (Å²) in [5, 5.41) is 2.79. The minimum atomic E-state index is -0.412. The van der Waals surface area contributed by atoms with Gasteiger partial charge in [-0.05, 0) is 58.3 Å². The van der Waals surface area contributed by atoms with Gasteiger partial charge < -0.3 is 4.74 Å². The van der Waals surface area contributed by atoms with E-state index in [1.54, 1.807) is 0 Å². The Hall–Kier alpha value is -1.66. The van der Waals surface area contributed by atoms with Gasteiger partial charge in [-0.15, -0.1) is 0 Å². The maximum absolute atomic E-state index is 12.1. The van der Waals surface area contributed by atoms with E-state index >= 15 is 0 Å². The number of benzene rings is 2. The minimum absolute atomic E-state index is 0.0891. The molecule has 2 rings (SSSR count). The van der Waals surface area contributed by atoms with Crippen molar-refractivity contribution in [2.45, 2.75) is 33.6 Å². The monoisotopic (exact) mass is 342 g/mol. The van der Waals surface area contributed by atoms with Gasteiger partial charge in [0.1, 0.15) is 0 Å². The Kier molecular flexibility index (Phi) is 6.99. The number of hydrogen-bond donors (Lipinski definition) is 0. The van der Waals surface area contributed by atoms with Crippen LogP contribution in [0.15, 0.2) is 60.7 Å². The van der Waals surface area contributed by atoms with E-state index in [1.165, 1.54) is 10.6 Å². The minimum Gasteiger partial charge on any atom is -0.466 e. The topological polar surface area (TPSA) is 26.3 Å². The summed E-state index contributed by atoms with van der Waals surface area (Å²) in [6.07, 6.45) is 2.96. The molecule has 0 saturated carbocycles. The molecule has 0 aliphatic rings. The lowest BCUT2D eigenvalue weighted by Gasteiger charge is -2.24. The van der Waals surface area contributed by atoms with Crippen molar-refractivity contribution in [2.24, 2.45) is 5.41 Å². The van der Waals surface area contributed by atoms with Crippen LogP contribution in [0, 0.1) is 5.41 Å². The zero-order chi connectivity index (χ0) is 17.4. The molecule has 0 bridgehead atoms. The molecule has 0 fully saturated rings. The van der Waals surface area contributed by atoms with Gasteiger partial charge in [-0.2, -0.15) is 0 Å². The molecule has 0 saturated heterocycles. The van der Waals surface area contributed by atoms with E-state index in [0.29, 0.717) is 6.61 Å². The van der Waals surface area contributed by atoms with Crippen LogP contribution < -0.4 is 10.6 Å². The smallest absolute Gasteiger partial charge is 0.311 e. The lowest BCUT2D eigenvalue weighted by Crippen LogP contribution is -2.27. The van der Waals surface area contributed by atoms with E-state index in [1.807, 2.05) is 20.8 Å². The van der Waals surface area contributed by atoms with Crippen LogP contribution in [0.3, 0.4) is 0 Å². The summed E-state index contributed by atoms with van der Waals surface area (Å²) in [4.78, 5) is 12.1. The first-order valence-electron chi connectivity index (χ1n) is 8.59. The highest BCUT2D eigenvalue weighted by atomic mass is 31.1. The third-order valence-corrected chi connectivity index (χ3v) is 6.75. The Balaban J connectivity index is 2.06. The fourth-order valence-corrected chi connectivity index (χ4v) is 5.08. The molecule has 24 heavy (non-hydrogen) atoms. The first kappa shape index (κ1) is 18.7. The zero-order valence-corrected chi connectivity index (χ0v) is 15.8. The molecule has 0 aliphatic heterocycles. The molecule has 0 N–H and O–H groups in total. The van der Waals surface area contributed by atoms with Crippen LogP contribution in [-0.2, 0) is 9.53 Å². The largest absolute Gasteiger partial charge is 0.466 e. The fraction of sp³-hybridized carbons (Fsp3) is 0.381. The molecule has 0 aliphatic carbocycles. The Morgan fingerprint density at radius 2 is 1.46 bits per heavy atom. The standard InChI is InChI=1S/C21H27O2P/c1-4-23-20(22)21(2,3)16-11-17-24(18-12-7-5-8-13-18)19-14-9-6-10-15-19/h5-10,12-15H,4,11,16-17H2,1-3H3. The van der Waals surface area contributed by atoms with Gasteiger partial charge in [-0.3, -0.25) is 4.79 Å². The van der Waals surface area contributed by atoms with E-state index in [9.17, 15) is 4.79 Å². The van der Waals surface area contributed by atoms with Crippen molar-refractivity contribution in [3.63, 3.8) is 0 Å². The summed E-state index contributed by atoms with van der Waals surface area (Å²) in [7, 11) is -0.383. The molecular weight excluding hydrogens is 315 g/mol. The maximum atomic E-state index is 12.1. The first-order chi connectivity index (χ1) is 11.5. The zero-order valence-electron chi connectivity index (χ0n) is 14.9. The average Bonchev–Trinajstić information content (AvgIpc) is 2.60. The van der Waals surface area contributed by atoms with Crippen molar-refractivity contribution >= 4 is 24.5 Å². The van der Waals surface area contributed by atoms with Gasteiger partial charge in [0, 0.05) is 0 Å². The van der Waals surface area contributed by atoms with E-state index in [4.69, 9.17) is 4.74 Å². The second-order valence-electron chi connectivity index (χ2n) is 6.53. The SMILES string of the molecule is CCOC(=O)C(C)(C)CCCP(c1ccccc1)c1ccccc1. The highest BCUT2D eigenvalue weighted by Gasteiger charge is 2.29. The highest BCUT2D eigenvalue weighted by molar-refractivity contribution is 7.73. The molecule has 2 nitrogen and oxygen atoms in total. The van der Waals surface area contributed by atoms with Crippen LogP contribution in [0.4, 0.5) is 0 Å². The van der Waals surface area contributed by atoms with Gasteiger partial charge in [-0.25, -0.2) is 0 Å². The van der Waals surface area contributed by atoms with Crippen molar-refractivity contribution in [3.05, 3.63) is 60.7 Å². The molecule has 0 atom stereocenters. The summed E-state index contributed by atoms with van der Waals surface area (Å²) < 4.78 is 5.20. The van der Waals surface area contributed by atoms with Crippen molar-refractivity contribution < 1.29 is 9.53 Å². The number of carbonyl (C=O) groups is 1. The van der Waals surface area contributed by atoms with Gasteiger partial charge in [0.2, 0.25) is 0 Å². The second kappa shape index (κ2) is 8.99. The third kappa shape index (κ3) is 5.18. The number of esters is 1. The Morgan fingerprint density at radius 1 is 0.958 bits per heavy atom. The van der Waals surface area contributed by atoms with E-state index in [2.05, 4.69) is 60.7 Å². The van der Waals surface area contributed by atoms with E-state index < -0.39 is 5.41 Å². The van der Waals surface area contributed by atoms with Gasteiger partial charge in [0.25, 0.3) is 0 Å². The van der Waals surface area contributed by atoms with Crippen molar-refractivity contribution in [1.82, 2.24) is 0 Å². The summed E-state index contributed by atoms with van der Waals surface area (Å²) in [6.45, 7) is 6.28. The predicted octanol–water partition coefficient (Wildman–Crippen LogP) is 4.49. The van der Waals surface area contributed by atoms with Gasteiger partial charge in [-0.1, -0.05) is 60.7 Å². The highest BCUT2D eigenvalue weighted by Crippen LogP contribution is 2.36. The van der Waals surface area contributed by atoms with Crippen LogP contribution in [0.1, 0.15) is 33.6 Å². The summed E-state index contributed by atoms with van der Waals surface area (Å²) in [6, 6.07) is 21.4. The van der Waals surface area contributed by atoms with Crippen molar-refractivity contribution in [1.29, 1.82) is 0 Å². The van der Waals surface area contributed by atoms with Crippen LogP contribution in [-0.4, -0.2) is 18.7 Å². The number of hydrogen-bond acceptors (Lipinski definition) is 2. The summed E-state index contributed by atoms with van der Waals surface area (Å²) in [5.74, 6) is -0.0891. The molecule has 2 aromatic carbocycles. The lowest BCUT2D eigenvalue weighted by molar-refractivity contribution is -0.153. The molecule has 0 radical (unpaired) electrons. The average molecular weight is 342 g/mol.